The van der Waals surface area contributed by atoms with Gasteiger partial charge in [-0.1, -0.05) is 33.8 Å². The third-order valence-corrected chi connectivity index (χ3v) is 3.09. The molecule has 0 radical (unpaired) electrons. The molecule has 1 rings (SSSR count). The normalized spacial score (nSPS) is 11.0. The highest BCUT2D eigenvalue weighted by Gasteiger charge is 2.18. The van der Waals surface area contributed by atoms with E-state index in [-0.39, 0.29) is 5.97 Å². The number of nitrogens with zero attached hydrogens (tertiary/aromatic N) is 1. The fourth-order valence-corrected chi connectivity index (χ4v) is 2.37. The molecule has 0 unspecified atom stereocenters. The Balaban J connectivity index is 3.13. The Bertz CT molecular complexity index is 460. The van der Waals surface area contributed by atoms with Crippen LogP contribution in [0.3, 0.4) is 0 Å². The van der Waals surface area contributed by atoms with Crippen LogP contribution in [-0.2, 0) is 4.74 Å². The summed E-state index contributed by atoms with van der Waals surface area (Å²) in [7, 11) is 0. The van der Waals surface area contributed by atoms with Crippen molar-refractivity contribution in [2.45, 2.75) is 34.6 Å². The zero-order valence-electron chi connectivity index (χ0n) is 13.8. The van der Waals surface area contributed by atoms with Crippen LogP contribution in [0.1, 0.15) is 45.0 Å². The molecule has 4 nitrogen and oxygen atoms in total. The molecule has 0 atom stereocenters. The summed E-state index contributed by atoms with van der Waals surface area (Å²) < 4.78 is 5.07. The van der Waals surface area contributed by atoms with Crippen molar-refractivity contribution in [2.24, 2.45) is 11.8 Å². The van der Waals surface area contributed by atoms with Gasteiger partial charge >= 0.3 is 5.97 Å². The van der Waals surface area contributed by atoms with E-state index in [9.17, 15) is 4.79 Å². The number of ether oxygens (including phenoxy) is 1. The summed E-state index contributed by atoms with van der Waals surface area (Å²) in [6, 6.07) is 5.56. The maximum Gasteiger partial charge on any atom is 0.340 e. The Kier molecular flexibility index (Phi) is 6.53. The Morgan fingerprint density at radius 3 is 2.24 bits per heavy atom. The van der Waals surface area contributed by atoms with Gasteiger partial charge in [-0.25, -0.2) is 4.79 Å². The number of carbonyl (C=O) groups excluding carboxylic acids is 1. The Labute approximate surface area is 128 Å². The molecule has 2 N–H and O–H groups in total. The first-order valence-electron chi connectivity index (χ1n) is 7.67. The van der Waals surface area contributed by atoms with E-state index in [1.165, 1.54) is 0 Å². The van der Waals surface area contributed by atoms with E-state index >= 15 is 0 Å². The molecular formula is C17H28N2O2. The summed E-state index contributed by atoms with van der Waals surface area (Å²) in [5.41, 5.74) is 8.11. The predicted molar refractivity (Wildman–Crippen MR) is 88.7 cm³/mol. The van der Waals surface area contributed by atoms with Crippen molar-refractivity contribution in [2.75, 3.05) is 30.3 Å². The predicted octanol–water partition coefficient (Wildman–Crippen LogP) is 3.56. The molecular weight excluding hydrogens is 264 g/mol. The molecule has 0 bridgehead atoms. The number of para-hydroxylation sites is 1. The van der Waals surface area contributed by atoms with Crippen molar-refractivity contribution in [1.29, 1.82) is 0 Å². The summed E-state index contributed by atoms with van der Waals surface area (Å²) in [5, 5.41) is 0. The van der Waals surface area contributed by atoms with E-state index in [1.54, 1.807) is 13.0 Å². The van der Waals surface area contributed by atoms with Crippen LogP contribution in [-0.4, -0.2) is 25.7 Å². The maximum absolute atomic E-state index is 12.0. The minimum absolute atomic E-state index is 0.351. The second-order valence-electron chi connectivity index (χ2n) is 6.15. The Hall–Kier alpha value is -1.71. The summed E-state index contributed by atoms with van der Waals surface area (Å²) in [4.78, 5) is 14.2. The van der Waals surface area contributed by atoms with Gasteiger partial charge in [0.15, 0.2) is 0 Å². The van der Waals surface area contributed by atoms with Gasteiger partial charge in [0.2, 0.25) is 0 Å². The van der Waals surface area contributed by atoms with E-state index in [4.69, 9.17) is 10.5 Å². The highest BCUT2D eigenvalue weighted by molar-refractivity contribution is 5.98. The van der Waals surface area contributed by atoms with Crippen LogP contribution in [0, 0.1) is 11.8 Å². The number of rotatable bonds is 7. The van der Waals surface area contributed by atoms with Gasteiger partial charge in [-0.2, -0.15) is 0 Å². The molecule has 0 heterocycles. The van der Waals surface area contributed by atoms with Gasteiger partial charge in [-0.3, -0.25) is 0 Å². The van der Waals surface area contributed by atoms with Crippen molar-refractivity contribution in [3.63, 3.8) is 0 Å². The molecule has 21 heavy (non-hydrogen) atoms. The zero-order valence-corrected chi connectivity index (χ0v) is 13.8. The van der Waals surface area contributed by atoms with Crippen molar-refractivity contribution >= 4 is 17.3 Å². The molecule has 0 aliphatic rings. The highest BCUT2D eigenvalue weighted by atomic mass is 16.5. The van der Waals surface area contributed by atoms with Crippen LogP contribution in [0.4, 0.5) is 11.4 Å². The third-order valence-electron chi connectivity index (χ3n) is 3.09. The molecule has 0 aliphatic carbocycles. The molecule has 0 aromatic heterocycles. The molecule has 118 valence electrons. The van der Waals surface area contributed by atoms with Crippen LogP contribution >= 0.6 is 0 Å². The van der Waals surface area contributed by atoms with Crippen LogP contribution < -0.4 is 10.6 Å². The maximum atomic E-state index is 12.0. The summed E-state index contributed by atoms with van der Waals surface area (Å²) in [5.74, 6) is 0.690. The molecule has 0 saturated carbocycles. The molecule has 0 amide bonds. The lowest BCUT2D eigenvalue weighted by atomic mass is 10.1. The van der Waals surface area contributed by atoms with E-state index in [1.807, 2.05) is 12.1 Å². The Morgan fingerprint density at radius 1 is 1.19 bits per heavy atom. The minimum atomic E-state index is -0.356. The second kappa shape index (κ2) is 7.91. The molecule has 0 fully saturated rings. The molecule has 1 aromatic rings. The lowest BCUT2D eigenvalue weighted by Crippen LogP contribution is -2.32. The van der Waals surface area contributed by atoms with Crippen molar-refractivity contribution in [1.82, 2.24) is 0 Å². The number of hydrogen-bond acceptors (Lipinski definition) is 4. The number of nitrogens with two attached hydrogens (primary N) is 1. The van der Waals surface area contributed by atoms with E-state index in [0.717, 1.165) is 18.8 Å². The third kappa shape index (κ3) is 4.96. The van der Waals surface area contributed by atoms with Crippen molar-refractivity contribution in [3.05, 3.63) is 23.8 Å². The highest BCUT2D eigenvalue weighted by Crippen LogP contribution is 2.28. The van der Waals surface area contributed by atoms with Crippen LogP contribution in [0.15, 0.2) is 18.2 Å². The van der Waals surface area contributed by atoms with Gasteiger partial charge in [0.25, 0.3) is 0 Å². The number of esters is 1. The van der Waals surface area contributed by atoms with Gasteiger partial charge in [-0.15, -0.1) is 0 Å². The van der Waals surface area contributed by atoms with Crippen LogP contribution in [0.5, 0.6) is 0 Å². The number of anilines is 2. The first kappa shape index (κ1) is 17.3. The van der Waals surface area contributed by atoms with Gasteiger partial charge in [0.1, 0.15) is 0 Å². The number of hydrogen-bond donors (Lipinski definition) is 1. The van der Waals surface area contributed by atoms with Gasteiger partial charge in [-0.05, 0) is 30.9 Å². The molecule has 4 heteroatoms. The standard InChI is InChI=1S/C17H28N2O2/c1-6-21-17(20)14-8-7-9-15(16(14)18)19(10-12(2)3)11-13(4)5/h7-9,12-13H,6,10-11,18H2,1-5H3. The van der Waals surface area contributed by atoms with E-state index < -0.39 is 0 Å². The number of benzene rings is 1. The van der Waals surface area contributed by atoms with E-state index in [0.29, 0.717) is 29.7 Å². The lowest BCUT2D eigenvalue weighted by molar-refractivity contribution is 0.0527. The monoisotopic (exact) mass is 292 g/mol. The van der Waals surface area contributed by atoms with Gasteiger partial charge in [0, 0.05) is 13.1 Å². The first-order valence-corrected chi connectivity index (χ1v) is 7.67. The molecule has 0 aliphatic heterocycles. The molecule has 0 spiro atoms. The fraction of sp³-hybridized carbons (Fsp3) is 0.588. The van der Waals surface area contributed by atoms with E-state index in [2.05, 4.69) is 32.6 Å². The second-order valence-corrected chi connectivity index (χ2v) is 6.15. The summed E-state index contributed by atoms with van der Waals surface area (Å²) in [6.07, 6.45) is 0. The Morgan fingerprint density at radius 2 is 1.76 bits per heavy atom. The summed E-state index contributed by atoms with van der Waals surface area (Å²) in [6.45, 7) is 12.7. The van der Waals surface area contributed by atoms with Crippen LogP contribution in [0.25, 0.3) is 0 Å². The van der Waals surface area contributed by atoms with Crippen molar-refractivity contribution in [3.8, 4) is 0 Å². The van der Waals surface area contributed by atoms with Crippen LogP contribution in [0.2, 0.25) is 0 Å². The average Bonchev–Trinajstić information content (AvgIpc) is 2.37. The topological polar surface area (TPSA) is 55.6 Å². The number of nitrogen functional groups attached to an aromatic ring is 1. The largest absolute Gasteiger partial charge is 0.462 e. The van der Waals surface area contributed by atoms with Crippen molar-refractivity contribution < 1.29 is 9.53 Å². The van der Waals surface area contributed by atoms with Gasteiger partial charge < -0.3 is 15.4 Å². The zero-order chi connectivity index (χ0) is 16.0. The quantitative estimate of drug-likeness (QED) is 0.616. The molecule has 0 saturated heterocycles. The van der Waals surface area contributed by atoms with Gasteiger partial charge in [0.05, 0.1) is 23.5 Å². The number of carbonyl (C=O) groups is 1. The SMILES string of the molecule is CCOC(=O)c1cccc(N(CC(C)C)CC(C)C)c1N. The minimum Gasteiger partial charge on any atom is -0.462 e. The first-order chi connectivity index (χ1) is 9.86. The lowest BCUT2D eigenvalue weighted by Gasteiger charge is -2.30. The molecule has 1 aromatic carbocycles. The smallest absolute Gasteiger partial charge is 0.340 e. The average molecular weight is 292 g/mol. The summed E-state index contributed by atoms with van der Waals surface area (Å²) >= 11 is 0. The fourth-order valence-electron chi connectivity index (χ4n) is 2.37.